The standard InChI is InChI=1S/C15H24N2O2/c1-2-6-13(16)10-15(19)17-14(11-18)9-12-7-4-3-5-8-12/h3-5,7-8,13-14,18H,2,6,9-11,16H2,1H3,(H,17,19)/t13?,14-/m1/s1. The van der Waals surface area contributed by atoms with E-state index in [1.807, 2.05) is 37.3 Å². The van der Waals surface area contributed by atoms with E-state index in [2.05, 4.69) is 5.32 Å². The van der Waals surface area contributed by atoms with Gasteiger partial charge in [-0.05, 0) is 18.4 Å². The minimum Gasteiger partial charge on any atom is -0.394 e. The molecule has 1 amide bonds. The van der Waals surface area contributed by atoms with Crippen LogP contribution in [0.25, 0.3) is 0 Å². The van der Waals surface area contributed by atoms with Crippen LogP contribution in [0.2, 0.25) is 0 Å². The van der Waals surface area contributed by atoms with Crippen LogP contribution < -0.4 is 11.1 Å². The van der Waals surface area contributed by atoms with Crippen LogP contribution in [0.1, 0.15) is 31.7 Å². The molecule has 0 aliphatic heterocycles. The van der Waals surface area contributed by atoms with Gasteiger partial charge in [0.15, 0.2) is 0 Å². The summed E-state index contributed by atoms with van der Waals surface area (Å²) in [7, 11) is 0. The molecule has 4 N–H and O–H groups in total. The fourth-order valence-corrected chi connectivity index (χ4v) is 2.06. The van der Waals surface area contributed by atoms with Crippen molar-refractivity contribution in [1.29, 1.82) is 0 Å². The zero-order chi connectivity index (χ0) is 14.1. The highest BCUT2D eigenvalue weighted by atomic mass is 16.3. The summed E-state index contributed by atoms with van der Waals surface area (Å²) in [5.74, 6) is -0.0871. The molecule has 4 heteroatoms. The number of rotatable bonds is 8. The van der Waals surface area contributed by atoms with E-state index in [0.717, 1.165) is 18.4 Å². The number of nitrogens with two attached hydrogens (primary N) is 1. The second-order valence-corrected chi connectivity index (χ2v) is 4.89. The van der Waals surface area contributed by atoms with Crippen molar-refractivity contribution in [3.05, 3.63) is 35.9 Å². The molecule has 0 spiro atoms. The summed E-state index contributed by atoms with van der Waals surface area (Å²) in [4.78, 5) is 11.8. The Balaban J connectivity index is 2.41. The highest BCUT2D eigenvalue weighted by molar-refractivity contribution is 5.76. The number of aliphatic hydroxyl groups is 1. The van der Waals surface area contributed by atoms with Crippen molar-refractivity contribution in [3.8, 4) is 0 Å². The van der Waals surface area contributed by atoms with Gasteiger partial charge in [0, 0.05) is 12.5 Å². The van der Waals surface area contributed by atoms with Crippen LogP contribution in [0.3, 0.4) is 0 Å². The van der Waals surface area contributed by atoms with Gasteiger partial charge in [0.1, 0.15) is 0 Å². The minimum atomic E-state index is -0.247. The minimum absolute atomic E-state index is 0.0658. The smallest absolute Gasteiger partial charge is 0.221 e. The van der Waals surface area contributed by atoms with Crippen LogP contribution in [0.15, 0.2) is 30.3 Å². The van der Waals surface area contributed by atoms with Crippen LogP contribution >= 0.6 is 0 Å². The molecule has 1 aromatic carbocycles. The molecule has 0 aromatic heterocycles. The third-order valence-electron chi connectivity index (χ3n) is 3.02. The molecule has 0 aliphatic rings. The van der Waals surface area contributed by atoms with E-state index in [-0.39, 0.29) is 24.6 Å². The second-order valence-electron chi connectivity index (χ2n) is 4.89. The molecule has 1 unspecified atom stereocenters. The van der Waals surface area contributed by atoms with E-state index in [4.69, 9.17) is 5.73 Å². The van der Waals surface area contributed by atoms with Gasteiger partial charge in [-0.1, -0.05) is 43.7 Å². The predicted octanol–water partition coefficient (Wildman–Crippen LogP) is 1.22. The Morgan fingerprint density at radius 3 is 2.63 bits per heavy atom. The molecule has 4 nitrogen and oxygen atoms in total. The molecular weight excluding hydrogens is 240 g/mol. The predicted molar refractivity (Wildman–Crippen MR) is 76.7 cm³/mol. The molecule has 0 saturated heterocycles. The third-order valence-corrected chi connectivity index (χ3v) is 3.02. The quantitative estimate of drug-likeness (QED) is 0.661. The zero-order valence-corrected chi connectivity index (χ0v) is 11.5. The average Bonchev–Trinajstić information content (AvgIpc) is 2.39. The van der Waals surface area contributed by atoms with Gasteiger partial charge in [0.2, 0.25) is 5.91 Å². The van der Waals surface area contributed by atoms with Gasteiger partial charge in [-0.2, -0.15) is 0 Å². The van der Waals surface area contributed by atoms with Crippen LogP contribution in [0.4, 0.5) is 0 Å². The van der Waals surface area contributed by atoms with Crippen molar-refractivity contribution in [2.75, 3.05) is 6.61 Å². The number of amides is 1. The molecule has 0 fully saturated rings. The summed E-state index contributed by atoms with van der Waals surface area (Å²) in [6.45, 7) is 1.98. The number of hydrogen-bond acceptors (Lipinski definition) is 3. The van der Waals surface area contributed by atoms with Crippen LogP contribution in [0.5, 0.6) is 0 Å². The zero-order valence-electron chi connectivity index (χ0n) is 11.5. The van der Waals surface area contributed by atoms with E-state index in [1.54, 1.807) is 0 Å². The Labute approximate surface area is 115 Å². The van der Waals surface area contributed by atoms with Gasteiger partial charge >= 0.3 is 0 Å². The van der Waals surface area contributed by atoms with Crippen molar-refractivity contribution >= 4 is 5.91 Å². The van der Waals surface area contributed by atoms with Crippen molar-refractivity contribution in [2.45, 2.75) is 44.7 Å². The van der Waals surface area contributed by atoms with Gasteiger partial charge in [0.25, 0.3) is 0 Å². The molecule has 0 heterocycles. The normalized spacial score (nSPS) is 13.8. The Bertz CT molecular complexity index is 368. The Morgan fingerprint density at radius 2 is 2.05 bits per heavy atom. The number of nitrogens with one attached hydrogen (secondary N) is 1. The monoisotopic (exact) mass is 264 g/mol. The Kier molecular flexibility index (Phi) is 7.15. The maximum absolute atomic E-state index is 11.8. The van der Waals surface area contributed by atoms with Gasteiger partial charge < -0.3 is 16.2 Å². The lowest BCUT2D eigenvalue weighted by atomic mass is 10.1. The lowest BCUT2D eigenvalue weighted by Gasteiger charge is -2.18. The topological polar surface area (TPSA) is 75.4 Å². The summed E-state index contributed by atoms with van der Waals surface area (Å²) < 4.78 is 0. The van der Waals surface area contributed by atoms with Crippen LogP contribution in [-0.4, -0.2) is 29.7 Å². The third kappa shape index (κ3) is 6.36. The molecule has 19 heavy (non-hydrogen) atoms. The summed E-state index contributed by atoms with van der Waals surface area (Å²) >= 11 is 0. The van der Waals surface area contributed by atoms with E-state index >= 15 is 0 Å². The Morgan fingerprint density at radius 1 is 1.37 bits per heavy atom. The summed E-state index contributed by atoms with van der Waals surface area (Å²) in [6, 6.07) is 9.46. The molecule has 1 rings (SSSR count). The molecule has 0 bridgehead atoms. The fraction of sp³-hybridized carbons (Fsp3) is 0.533. The lowest BCUT2D eigenvalue weighted by molar-refractivity contribution is -0.122. The highest BCUT2D eigenvalue weighted by Gasteiger charge is 2.14. The van der Waals surface area contributed by atoms with E-state index < -0.39 is 0 Å². The number of hydrogen-bond donors (Lipinski definition) is 3. The number of aliphatic hydroxyl groups excluding tert-OH is 1. The van der Waals surface area contributed by atoms with Gasteiger partial charge in [-0.3, -0.25) is 4.79 Å². The summed E-state index contributed by atoms with van der Waals surface area (Å²) in [5, 5.41) is 12.2. The first-order valence-electron chi connectivity index (χ1n) is 6.85. The van der Waals surface area contributed by atoms with Crippen molar-refractivity contribution < 1.29 is 9.90 Å². The second kappa shape index (κ2) is 8.67. The maximum Gasteiger partial charge on any atom is 0.221 e. The first kappa shape index (κ1) is 15.7. The largest absolute Gasteiger partial charge is 0.394 e. The van der Waals surface area contributed by atoms with Gasteiger partial charge in [-0.25, -0.2) is 0 Å². The first-order chi connectivity index (χ1) is 9.15. The molecular formula is C15H24N2O2. The number of benzene rings is 1. The van der Waals surface area contributed by atoms with Crippen molar-refractivity contribution in [2.24, 2.45) is 5.73 Å². The van der Waals surface area contributed by atoms with Crippen LogP contribution in [-0.2, 0) is 11.2 Å². The SMILES string of the molecule is CCCC(N)CC(=O)N[C@@H](CO)Cc1ccccc1. The number of carbonyl (C=O) groups excluding carboxylic acids is 1. The van der Waals surface area contributed by atoms with Gasteiger partial charge in [0.05, 0.1) is 12.6 Å². The van der Waals surface area contributed by atoms with E-state index in [0.29, 0.717) is 12.8 Å². The van der Waals surface area contributed by atoms with Crippen molar-refractivity contribution in [3.63, 3.8) is 0 Å². The van der Waals surface area contributed by atoms with Gasteiger partial charge in [-0.15, -0.1) is 0 Å². The van der Waals surface area contributed by atoms with E-state index in [9.17, 15) is 9.90 Å². The molecule has 0 aliphatic carbocycles. The molecule has 0 radical (unpaired) electrons. The molecule has 1 aromatic rings. The molecule has 0 saturated carbocycles. The lowest BCUT2D eigenvalue weighted by Crippen LogP contribution is -2.41. The summed E-state index contributed by atoms with van der Waals surface area (Å²) in [6.07, 6.45) is 2.77. The first-order valence-corrected chi connectivity index (χ1v) is 6.85. The maximum atomic E-state index is 11.8. The number of carbonyl (C=O) groups is 1. The molecule has 106 valence electrons. The molecule has 2 atom stereocenters. The van der Waals surface area contributed by atoms with Crippen LogP contribution in [0, 0.1) is 0 Å². The Hall–Kier alpha value is -1.39. The summed E-state index contributed by atoms with van der Waals surface area (Å²) in [5.41, 5.74) is 6.93. The highest BCUT2D eigenvalue weighted by Crippen LogP contribution is 2.04. The van der Waals surface area contributed by atoms with Crippen molar-refractivity contribution in [1.82, 2.24) is 5.32 Å². The average molecular weight is 264 g/mol. The fourth-order valence-electron chi connectivity index (χ4n) is 2.06. The van der Waals surface area contributed by atoms with E-state index in [1.165, 1.54) is 0 Å².